The van der Waals surface area contributed by atoms with Crippen molar-refractivity contribution in [1.29, 1.82) is 0 Å². The summed E-state index contributed by atoms with van der Waals surface area (Å²) in [6.07, 6.45) is 6.37. The molecule has 2 saturated heterocycles. The molecular formula is C19H26N2O3S. The molecule has 0 aromatic carbocycles. The molecule has 0 spiro atoms. The van der Waals surface area contributed by atoms with E-state index in [1.807, 2.05) is 15.2 Å². The van der Waals surface area contributed by atoms with Crippen molar-refractivity contribution in [3.63, 3.8) is 0 Å². The SMILES string of the molecule is O=C(c1csc2c1CCCC2)N1CCC[C@@H](C(=O)N2CCOCC2)C1. The lowest BCUT2D eigenvalue weighted by Crippen LogP contribution is -2.49. The van der Waals surface area contributed by atoms with Crippen LogP contribution in [-0.2, 0) is 22.4 Å². The highest BCUT2D eigenvalue weighted by molar-refractivity contribution is 7.10. The van der Waals surface area contributed by atoms with Crippen LogP contribution in [0.2, 0.25) is 0 Å². The highest BCUT2D eigenvalue weighted by atomic mass is 32.1. The summed E-state index contributed by atoms with van der Waals surface area (Å²) < 4.78 is 5.34. The number of aryl methyl sites for hydroxylation is 1. The number of morpholine rings is 1. The Morgan fingerprint density at radius 1 is 1.04 bits per heavy atom. The molecule has 0 radical (unpaired) electrons. The minimum atomic E-state index is -0.0507. The third kappa shape index (κ3) is 3.47. The van der Waals surface area contributed by atoms with E-state index >= 15 is 0 Å². The molecule has 0 bridgehead atoms. The van der Waals surface area contributed by atoms with E-state index in [-0.39, 0.29) is 17.7 Å². The standard InChI is InChI=1S/C19H26N2O3S/c22-18(20-8-10-24-11-9-20)14-4-3-7-21(12-14)19(23)16-13-25-17-6-2-1-5-15(16)17/h13-14H,1-12H2/t14-/m1/s1. The molecule has 2 aliphatic heterocycles. The summed E-state index contributed by atoms with van der Waals surface area (Å²) >= 11 is 1.74. The number of rotatable bonds is 2. The van der Waals surface area contributed by atoms with Crippen molar-refractivity contribution in [1.82, 2.24) is 9.80 Å². The summed E-state index contributed by atoms with van der Waals surface area (Å²) in [7, 11) is 0. The number of fused-ring (bicyclic) bond motifs is 1. The summed E-state index contributed by atoms with van der Waals surface area (Å²) in [5.74, 6) is 0.289. The predicted molar refractivity (Wildman–Crippen MR) is 97.0 cm³/mol. The van der Waals surface area contributed by atoms with Gasteiger partial charge in [0.15, 0.2) is 0 Å². The Hall–Kier alpha value is -1.40. The van der Waals surface area contributed by atoms with Crippen LogP contribution < -0.4 is 0 Å². The number of hydrogen-bond donors (Lipinski definition) is 0. The van der Waals surface area contributed by atoms with Crippen LogP contribution in [0, 0.1) is 5.92 Å². The molecule has 0 unspecified atom stereocenters. The van der Waals surface area contributed by atoms with E-state index in [9.17, 15) is 9.59 Å². The van der Waals surface area contributed by atoms with Gasteiger partial charge in [0.05, 0.1) is 24.7 Å². The van der Waals surface area contributed by atoms with Crippen molar-refractivity contribution in [2.75, 3.05) is 39.4 Å². The smallest absolute Gasteiger partial charge is 0.255 e. The van der Waals surface area contributed by atoms with Gasteiger partial charge in [-0.25, -0.2) is 0 Å². The zero-order chi connectivity index (χ0) is 17.2. The second-order valence-electron chi connectivity index (χ2n) is 7.29. The average molecular weight is 362 g/mol. The summed E-state index contributed by atoms with van der Waals surface area (Å²) in [6.45, 7) is 3.96. The van der Waals surface area contributed by atoms with Gasteiger partial charge in [0.25, 0.3) is 5.91 Å². The average Bonchev–Trinajstić information content (AvgIpc) is 3.12. The molecule has 4 rings (SSSR count). The van der Waals surface area contributed by atoms with Crippen molar-refractivity contribution in [3.05, 3.63) is 21.4 Å². The van der Waals surface area contributed by atoms with Gasteiger partial charge < -0.3 is 14.5 Å². The first-order chi connectivity index (χ1) is 12.2. The monoisotopic (exact) mass is 362 g/mol. The van der Waals surface area contributed by atoms with E-state index < -0.39 is 0 Å². The van der Waals surface area contributed by atoms with Gasteiger partial charge in [-0.3, -0.25) is 9.59 Å². The summed E-state index contributed by atoms with van der Waals surface area (Å²) in [4.78, 5) is 31.1. The Labute approximate surface area is 152 Å². The van der Waals surface area contributed by atoms with Gasteiger partial charge in [-0.2, -0.15) is 0 Å². The number of thiophene rings is 1. The highest BCUT2D eigenvalue weighted by Crippen LogP contribution is 2.32. The number of ether oxygens (including phenoxy) is 1. The Bertz CT molecular complexity index is 651. The first-order valence-corrected chi connectivity index (χ1v) is 10.4. The van der Waals surface area contributed by atoms with Gasteiger partial charge >= 0.3 is 0 Å². The summed E-state index contributed by atoms with van der Waals surface area (Å²) in [5, 5.41) is 2.05. The van der Waals surface area contributed by atoms with Crippen LogP contribution in [0.25, 0.3) is 0 Å². The maximum absolute atomic E-state index is 13.1. The molecule has 5 nitrogen and oxygen atoms in total. The minimum absolute atomic E-state index is 0.0507. The van der Waals surface area contributed by atoms with Crippen LogP contribution in [0.1, 0.15) is 46.5 Å². The van der Waals surface area contributed by atoms with Crippen molar-refractivity contribution < 1.29 is 14.3 Å². The summed E-state index contributed by atoms with van der Waals surface area (Å²) in [6, 6.07) is 0. The fourth-order valence-corrected chi connectivity index (χ4v) is 5.37. The fraction of sp³-hybridized carbons (Fsp3) is 0.684. The second-order valence-corrected chi connectivity index (χ2v) is 8.25. The molecule has 0 N–H and O–H groups in total. The Morgan fingerprint density at radius 3 is 2.68 bits per heavy atom. The maximum atomic E-state index is 13.1. The van der Waals surface area contributed by atoms with Gasteiger partial charge in [0.2, 0.25) is 5.91 Å². The molecule has 1 aliphatic carbocycles. The molecule has 1 aromatic rings. The maximum Gasteiger partial charge on any atom is 0.255 e. The second kappa shape index (κ2) is 7.46. The molecule has 136 valence electrons. The van der Waals surface area contributed by atoms with Crippen molar-refractivity contribution in [3.8, 4) is 0 Å². The van der Waals surface area contributed by atoms with E-state index in [2.05, 4.69) is 0 Å². The highest BCUT2D eigenvalue weighted by Gasteiger charge is 2.33. The van der Waals surface area contributed by atoms with E-state index in [1.54, 1.807) is 11.3 Å². The largest absolute Gasteiger partial charge is 0.378 e. The first kappa shape index (κ1) is 17.0. The van der Waals surface area contributed by atoms with Gasteiger partial charge in [-0.05, 0) is 44.1 Å². The van der Waals surface area contributed by atoms with Crippen LogP contribution >= 0.6 is 11.3 Å². The molecule has 25 heavy (non-hydrogen) atoms. The van der Waals surface area contributed by atoms with Gasteiger partial charge in [0.1, 0.15) is 0 Å². The molecule has 2 fully saturated rings. The van der Waals surface area contributed by atoms with E-state index in [4.69, 9.17) is 4.74 Å². The topological polar surface area (TPSA) is 49.9 Å². The zero-order valence-electron chi connectivity index (χ0n) is 14.7. The third-order valence-electron chi connectivity index (χ3n) is 5.67. The quantitative estimate of drug-likeness (QED) is 0.811. The van der Waals surface area contributed by atoms with Crippen molar-refractivity contribution in [2.24, 2.45) is 5.92 Å². The van der Waals surface area contributed by atoms with Crippen molar-refractivity contribution >= 4 is 23.2 Å². The van der Waals surface area contributed by atoms with Gasteiger partial charge in [0, 0.05) is 36.4 Å². The normalized spacial score (nSPS) is 24.1. The molecule has 2 amide bonds. The van der Waals surface area contributed by atoms with E-state index in [1.165, 1.54) is 23.3 Å². The number of amides is 2. The lowest BCUT2D eigenvalue weighted by Gasteiger charge is -2.36. The minimum Gasteiger partial charge on any atom is -0.378 e. The van der Waals surface area contributed by atoms with Crippen LogP contribution in [0.4, 0.5) is 0 Å². The number of nitrogens with zero attached hydrogens (tertiary/aromatic N) is 2. The predicted octanol–water partition coefficient (Wildman–Crippen LogP) is 2.34. The van der Waals surface area contributed by atoms with Crippen LogP contribution in [0.5, 0.6) is 0 Å². The molecule has 1 atom stereocenters. The van der Waals surface area contributed by atoms with E-state index in [0.717, 1.165) is 37.8 Å². The molecular weight excluding hydrogens is 336 g/mol. The molecule has 1 aromatic heterocycles. The summed E-state index contributed by atoms with van der Waals surface area (Å²) in [5.41, 5.74) is 2.18. The first-order valence-electron chi connectivity index (χ1n) is 9.49. The van der Waals surface area contributed by atoms with Crippen molar-refractivity contribution in [2.45, 2.75) is 38.5 Å². The lowest BCUT2D eigenvalue weighted by molar-refractivity contribution is -0.141. The Kier molecular flexibility index (Phi) is 5.08. The Balaban J connectivity index is 1.44. The van der Waals surface area contributed by atoms with Crippen LogP contribution in [0.15, 0.2) is 5.38 Å². The van der Waals surface area contributed by atoms with Crippen LogP contribution in [-0.4, -0.2) is 61.0 Å². The number of piperidine rings is 1. The number of carbonyl (C=O) groups is 2. The third-order valence-corrected chi connectivity index (χ3v) is 6.76. The Morgan fingerprint density at radius 2 is 1.84 bits per heavy atom. The van der Waals surface area contributed by atoms with Gasteiger partial charge in [-0.1, -0.05) is 0 Å². The fourth-order valence-electron chi connectivity index (χ4n) is 4.25. The number of hydrogen-bond acceptors (Lipinski definition) is 4. The number of likely N-dealkylation sites (tertiary alicyclic amines) is 1. The van der Waals surface area contributed by atoms with Gasteiger partial charge in [-0.15, -0.1) is 11.3 Å². The number of carbonyl (C=O) groups excluding carboxylic acids is 2. The van der Waals surface area contributed by atoms with E-state index in [0.29, 0.717) is 32.8 Å². The van der Waals surface area contributed by atoms with Crippen LogP contribution in [0.3, 0.4) is 0 Å². The molecule has 0 saturated carbocycles. The molecule has 6 heteroatoms. The molecule has 3 heterocycles. The zero-order valence-corrected chi connectivity index (χ0v) is 15.5. The lowest BCUT2D eigenvalue weighted by atomic mass is 9.93. The molecule has 3 aliphatic rings.